The summed E-state index contributed by atoms with van der Waals surface area (Å²) in [5.74, 6) is -0.234. The van der Waals surface area contributed by atoms with Crippen LogP contribution in [0.2, 0.25) is 20.1 Å². The molecule has 6 heteroatoms. The average molecular weight is 594 g/mol. The van der Waals surface area contributed by atoms with E-state index >= 15 is 0 Å². The Kier molecular flexibility index (Phi) is 4.35. The monoisotopic (exact) mass is 592 g/mol. The molecule has 2 aliphatic rings. The number of benzene rings is 7. The van der Waals surface area contributed by atoms with Gasteiger partial charge in [-0.1, -0.05) is 113 Å². The highest BCUT2D eigenvalue weighted by Gasteiger charge is 2.35. The first-order valence-corrected chi connectivity index (χ1v) is 14.2. The van der Waals surface area contributed by atoms with Crippen LogP contribution in [0, 0.1) is 0 Å². The molecule has 0 atom stereocenters. The summed E-state index contributed by atoms with van der Waals surface area (Å²) in [6.45, 7) is 0. The molecule has 0 heterocycles. The summed E-state index contributed by atoms with van der Waals surface area (Å²) < 4.78 is 0. The Morgan fingerprint density at radius 3 is 1.45 bits per heavy atom. The summed E-state index contributed by atoms with van der Waals surface area (Å²) in [6, 6.07) is 22.7. The van der Waals surface area contributed by atoms with E-state index in [1.807, 2.05) is 72.8 Å². The molecule has 0 N–H and O–H groups in total. The third-order valence-electron chi connectivity index (χ3n) is 8.59. The molecular formula is C34H12Cl4O2. The second-order valence-electron chi connectivity index (χ2n) is 10.3. The van der Waals surface area contributed by atoms with E-state index in [-0.39, 0.29) is 16.6 Å². The van der Waals surface area contributed by atoms with E-state index in [2.05, 4.69) is 0 Å². The van der Waals surface area contributed by atoms with Crippen LogP contribution in [0.3, 0.4) is 0 Å². The van der Waals surface area contributed by atoms with E-state index < -0.39 is 0 Å². The van der Waals surface area contributed by atoms with E-state index in [0.717, 1.165) is 65.3 Å². The zero-order valence-electron chi connectivity index (χ0n) is 20.3. The molecule has 0 aliphatic heterocycles. The summed E-state index contributed by atoms with van der Waals surface area (Å²) >= 11 is 28.3. The van der Waals surface area contributed by atoms with Crippen LogP contribution in [0.5, 0.6) is 0 Å². The minimum absolute atomic E-state index is 0.0682. The Hall–Kier alpha value is -3.66. The fraction of sp³-hybridized carbons (Fsp3) is 0. The van der Waals surface area contributed by atoms with Gasteiger partial charge >= 0.3 is 0 Å². The number of ketones is 2. The smallest absolute Gasteiger partial charge is 0.195 e. The summed E-state index contributed by atoms with van der Waals surface area (Å²) in [5, 5.41) is 7.46. The van der Waals surface area contributed by atoms with Crippen molar-refractivity contribution in [2.45, 2.75) is 0 Å². The topological polar surface area (TPSA) is 34.1 Å². The highest BCUT2D eigenvalue weighted by molar-refractivity contribution is 6.57. The van der Waals surface area contributed by atoms with Crippen molar-refractivity contribution >= 4 is 101 Å². The van der Waals surface area contributed by atoms with Gasteiger partial charge in [0.2, 0.25) is 0 Å². The fourth-order valence-corrected chi connectivity index (χ4v) is 8.17. The van der Waals surface area contributed by atoms with E-state index in [4.69, 9.17) is 46.4 Å². The maximum Gasteiger partial charge on any atom is 0.195 e. The summed E-state index contributed by atoms with van der Waals surface area (Å²) in [5.41, 5.74) is 5.36. The molecule has 188 valence electrons. The van der Waals surface area contributed by atoms with Gasteiger partial charge in [-0.25, -0.2) is 0 Å². The molecule has 7 aromatic rings. The van der Waals surface area contributed by atoms with Crippen molar-refractivity contribution < 1.29 is 9.59 Å². The van der Waals surface area contributed by atoms with Crippen molar-refractivity contribution in [3.8, 4) is 22.3 Å². The van der Waals surface area contributed by atoms with Gasteiger partial charge in [0.25, 0.3) is 0 Å². The lowest BCUT2D eigenvalue weighted by molar-refractivity contribution is 0.103. The maximum absolute atomic E-state index is 13.8. The quantitative estimate of drug-likeness (QED) is 0.129. The molecule has 7 aromatic carbocycles. The van der Waals surface area contributed by atoms with Crippen molar-refractivity contribution in [2.75, 3.05) is 0 Å². The number of carbonyl (C=O) groups is 2. The first kappa shape index (κ1) is 23.1. The van der Waals surface area contributed by atoms with Crippen molar-refractivity contribution in [3.63, 3.8) is 0 Å². The lowest BCUT2D eigenvalue weighted by Crippen LogP contribution is -2.12. The number of halogens is 4. The highest BCUT2D eigenvalue weighted by atomic mass is 35.5. The fourth-order valence-electron chi connectivity index (χ4n) is 7.02. The predicted molar refractivity (Wildman–Crippen MR) is 165 cm³/mol. The van der Waals surface area contributed by atoms with Gasteiger partial charge in [0.05, 0.1) is 25.7 Å². The largest absolute Gasteiger partial charge is 0.289 e. The minimum atomic E-state index is -0.166. The van der Waals surface area contributed by atoms with Gasteiger partial charge in [-0.2, -0.15) is 0 Å². The molecule has 0 aromatic heterocycles. The van der Waals surface area contributed by atoms with Crippen LogP contribution in [-0.2, 0) is 0 Å². The van der Waals surface area contributed by atoms with Crippen LogP contribution >= 0.6 is 46.4 Å². The average Bonchev–Trinajstić information content (AvgIpc) is 2.98. The van der Waals surface area contributed by atoms with Crippen molar-refractivity contribution in [3.05, 3.63) is 115 Å². The van der Waals surface area contributed by atoms with E-state index in [1.54, 1.807) is 0 Å². The van der Waals surface area contributed by atoms with Crippen molar-refractivity contribution in [2.24, 2.45) is 0 Å². The van der Waals surface area contributed by atoms with Gasteiger partial charge in [-0.05, 0) is 33.5 Å². The predicted octanol–water partition coefficient (Wildman–Crippen LogP) is 10.8. The standard InChI is InChI=1S/C34H12Cl4O2/c35-29-25-14-6-2-4-8-17(14)33(39)20-12-11-19-23(24(20)25)27(30(29)36)18-10-9-15-13-5-1-3-7-16(13)34(40)28-21(15)22(18)26(19)31(37)32(28)38/h1-12H. The summed E-state index contributed by atoms with van der Waals surface area (Å²) in [4.78, 5) is 27.5. The van der Waals surface area contributed by atoms with Gasteiger partial charge in [0.1, 0.15) is 0 Å². The number of hydrogen-bond acceptors (Lipinski definition) is 2. The van der Waals surface area contributed by atoms with Crippen molar-refractivity contribution in [1.29, 1.82) is 0 Å². The van der Waals surface area contributed by atoms with Gasteiger partial charge in [0, 0.05) is 54.6 Å². The van der Waals surface area contributed by atoms with Crippen LogP contribution in [-0.4, -0.2) is 11.6 Å². The van der Waals surface area contributed by atoms with Crippen LogP contribution < -0.4 is 0 Å². The third-order valence-corrected chi connectivity index (χ3v) is 10.3. The lowest BCUT2D eigenvalue weighted by atomic mass is 9.76. The van der Waals surface area contributed by atoms with Crippen molar-refractivity contribution in [1.82, 2.24) is 0 Å². The number of fused-ring (bicyclic) bond motifs is 6. The molecule has 0 amide bonds. The highest BCUT2D eigenvalue weighted by Crippen LogP contribution is 2.57. The second-order valence-corrected chi connectivity index (χ2v) is 11.8. The van der Waals surface area contributed by atoms with Crippen LogP contribution in [0.15, 0.2) is 72.8 Å². The first-order chi connectivity index (χ1) is 19.4. The summed E-state index contributed by atoms with van der Waals surface area (Å²) in [6.07, 6.45) is 0. The molecule has 40 heavy (non-hydrogen) atoms. The Morgan fingerprint density at radius 1 is 0.350 bits per heavy atom. The molecular weight excluding hydrogens is 582 g/mol. The van der Waals surface area contributed by atoms with E-state index in [9.17, 15) is 9.59 Å². The van der Waals surface area contributed by atoms with Crippen LogP contribution in [0.25, 0.3) is 65.3 Å². The molecule has 2 aliphatic carbocycles. The molecule has 0 radical (unpaired) electrons. The molecule has 0 unspecified atom stereocenters. The first-order valence-electron chi connectivity index (χ1n) is 12.6. The Balaban J connectivity index is 1.61. The molecule has 0 spiro atoms. The van der Waals surface area contributed by atoms with Crippen LogP contribution in [0.4, 0.5) is 0 Å². The SMILES string of the molecule is O=C1c2ccccc2-c2c(Cl)c(Cl)c3c4ccc5c6c(c(Cl)c(Cl)c(c7ccc1c2c73)c64)C(=O)c1ccccc1-5. The maximum atomic E-state index is 13.8. The molecule has 0 bridgehead atoms. The lowest BCUT2D eigenvalue weighted by Gasteiger charge is -2.28. The normalized spacial score (nSPS) is 13.6. The van der Waals surface area contributed by atoms with Gasteiger partial charge in [-0.15, -0.1) is 0 Å². The molecule has 9 rings (SSSR count). The molecule has 0 fully saturated rings. The zero-order chi connectivity index (χ0) is 27.2. The molecule has 0 saturated carbocycles. The number of carbonyl (C=O) groups excluding carboxylic acids is 2. The number of rotatable bonds is 0. The second kappa shape index (κ2) is 7.54. The van der Waals surface area contributed by atoms with Crippen LogP contribution in [0.1, 0.15) is 31.8 Å². The molecule has 0 saturated heterocycles. The summed E-state index contributed by atoms with van der Waals surface area (Å²) in [7, 11) is 0. The molecule has 2 nitrogen and oxygen atoms in total. The Morgan fingerprint density at radius 2 is 0.825 bits per heavy atom. The minimum Gasteiger partial charge on any atom is -0.289 e. The van der Waals surface area contributed by atoms with Gasteiger partial charge in [-0.3, -0.25) is 9.59 Å². The number of hydrogen-bond donors (Lipinski definition) is 0. The van der Waals surface area contributed by atoms with Gasteiger partial charge < -0.3 is 0 Å². The van der Waals surface area contributed by atoms with E-state index in [0.29, 0.717) is 37.3 Å². The van der Waals surface area contributed by atoms with Gasteiger partial charge in [0.15, 0.2) is 11.6 Å². The third kappa shape index (κ3) is 2.47. The Bertz CT molecular complexity index is 2380. The Labute approximate surface area is 247 Å². The zero-order valence-corrected chi connectivity index (χ0v) is 23.3. The van der Waals surface area contributed by atoms with E-state index in [1.165, 1.54) is 0 Å².